The predicted octanol–water partition coefficient (Wildman–Crippen LogP) is 2.05. The molecule has 0 saturated heterocycles. The highest BCUT2D eigenvalue weighted by Crippen LogP contribution is 2.32. The monoisotopic (exact) mass is 259 g/mol. The Morgan fingerprint density at radius 3 is 3.26 bits per heavy atom. The van der Waals surface area contributed by atoms with Gasteiger partial charge in [0, 0.05) is 17.7 Å². The third kappa shape index (κ3) is 2.83. The second-order valence-electron chi connectivity index (χ2n) is 4.70. The van der Waals surface area contributed by atoms with Crippen LogP contribution in [0.3, 0.4) is 0 Å². The van der Waals surface area contributed by atoms with Crippen molar-refractivity contribution in [3.8, 4) is 0 Å². The standard InChI is InChI=1S/C13H15N4O2/c18-13(5-10-7-14-8-19-10)15-12-6-11(16-17-12)9-3-1-2-4-9/h1,6-9H,2-5H2,(H2,15,16,17,18)/t9-/m0/s1. The van der Waals surface area contributed by atoms with E-state index in [9.17, 15) is 4.79 Å². The van der Waals surface area contributed by atoms with Crippen LogP contribution in [0, 0.1) is 6.42 Å². The molecule has 1 saturated carbocycles. The minimum atomic E-state index is -0.159. The zero-order valence-electron chi connectivity index (χ0n) is 10.4. The average molecular weight is 259 g/mol. The van der Waals surface area contributed by atoms with Crippen molar-refractivity contribution in [2.24, 2.45) is 0 Å². The van der Waals surface area contributed by atoms with Crippen LogP contribution >= 0.6 is 0 Å². The molecule has 6 heteroatoms. The van der Waals surface area contributed by atoms with Gasteiger partial charge in [-0.25, -0.2) is 4.98 Å². The lowest BCUT2D eigenvalue weighted by Crippen LogP contribution is -2.14. The molecule has 0 bridgehead atoms. The third-order valence-electron chi connectivity index (χ3n) is 3.29. The van der Waals surface area contributed by atoms with E-state index in [-0.39, 0.29) is 12.3 Å². The van der Waals surface area contributed by atoms with Crippen molar-refractivity contribution in [2.45, 2.75) is 31.6 Å². The van der Waals surface area contributed by atoms with Crippen molar-refractivity contribution in [3.05, 3.63) is 36.5 Å². The van der Waals surface area contributed by atoms with Gasteiger partial charge in [0.1, 0.15) is 5.76 Å². The molecular weight excluding hydrogens is 244 g/mol. The van der Waals surface area contributed by atoms with Gasteiger partial charge in [-0.15, -0.1) is 0 Å². The highest BCUT2D eigenvalue weighted by Gasteiger charge is 2.19. The van der Waals surface area contributed by atoms with Gasteiger partial charge in [-0.1, -0.05) is 0 Å². The molecule has 1 amide bonds. The molecule has 1 radical (unpaired) electrons. The van der Waals surface area contributed by atoms with Crippen molar-refractivity contribution < 1.29 is 9.21 Å². The first kappa shape index (κ1) is 12.0. The van der Waals surface area contributed by atoms with Crippen LogP contribution in [-0.2, 0) is 11.2 Å². The molecular formula is C13H15N4O2. The first-order valence-corrected chi connectivity index (χ1v) is 6.35. The Morgan fingerprint density at radius 2 is 2.53 bits per heavy atom. The fourth-order valence-electron chi connectivity index (χ4n) is 2.32. The topological polar surface area (TPSA) is 83.8 Å². The molecule has 2 heterocycles. The largest absolute Gasteiger partial charge is 0.448 e. The van der Waals surface area contributed by atoms with Gasteiger partial charge in [0.25, 0.3) is 0 Å². The van der Waals surface area contributed by atoms with Crippen molar-refractivity contribution >= 4 is 11.7 Å². The molecule has 1 atom stereocenters. The average Bonchev–Trinajstić information content (AvgIpc) is 3.09. The van der Waals surface area contributed by atoms with E-state index in [4.69, 9.17) is 4.42 Å². The number of H-pyrrole nitrogens is 1. The van der Waals surface area contributed by atoms with Crippen molar-refractivity contribution in [1.82, 2.24) is 15.2 Å². The lowest BCUT2D eigenvalue weighted by molar-refractivity contribution is -0.115. The first-order valence-electron chi connectivity index (χ1n) is 6.35. The highest BCUT2D eigenvalue weighted by atomic mass is 16.3. The maximum Gasteiger partial charge on any atom is 0.233 e. The molecule has 19 heavy (non-hydrogen) atoms. The van der Waals surface area contributed by atoms with E-state index in [1.807, 2.05) is 6.07 Å². The normalized spacial score (nSPS) is 15.8. The van der Waals surface area contributed by atoms with E-state index in [0.717, 1.165) is 25.0 Å². The summed E-state index contributed by atoms with van der Waals surface area (Å²) in [5.41, 5.74) is 1.09. The quantitative estimate of drug-likeness (QED) is 0.880. The Labute approximate surface area is 110 Å². The van der Waals surface area contributed by atoms with E-state index in [0.29, 0.717) is 17.5 Å². The minimum absolute atomic E-state index is 0.159. The number of carbonyl (C=O) groups is 1. The number of anilines is 1. The van der Waals surface area contributed by atoms with Gasteiger partial charge in [0.15, 0.2) is 12.2 Å². The summed E-state index contributed by atoms with van der Waals surface area (Å²) >= 11 is 0. The third-order valence-corrected chi connectivity index (χ3v) is 3.29. The summed E-state index contributed by atoms with van der Waals surface area (Å²) in [7, 11) is 0. The SMILES string of the molecule is O=C(Cc1cnco1)Nc1cc([C@H]2C[CH]CC2)[nH]n1. The van der Waals surface area contributed by atoms with Crippen LogP contribution in [0.4, 0.5) is 5.82 Å². The molecule has 0 spiro atoms. The van der Waals surface area contributed by atoms with Crippen LogP contribution in [0.5, 0.6) is 0 Å². The van der Waals surface area contributed by atoms with Crippen LogP contribution in [0.2, 0.25) is 0 Å². The summed E-state index contributed by atoms with van der Waals surface area (Å²) in [5.74, 6) is 1.45. The Bertz CT molecular complexity index is 541. The Hall–Kier alpha value is -2.11. The molecule has 1 fully saturated rings. The highest BCUT2D eigenvalue weighted by molar-refractivity contribution is 5.91. The molecule has 3 rings (SSSR count). The zero-order valence-corrected chi connectivity index (χ0v) is 10.4. The molecule has 0 unspecified atom stereocenters. The number of aromatic nitrogens is 3. The lowest BCUT2D eigenvalue weighted by atomic mass is 10.0. The van der Waals surface area contributed by atoms with Crippen LogP contribution in [0.1, 0.15) is 36.6 Å². The number of nitrogens with zero attached hydrogens (tertiary/aromatic N) is 2. The number of aromatic amines is 1. The summed E-state index contributed by atoms with van der Waals surface area (Å²) < 4.78 is 5.02. The van der Waals surface area contributed by atoms with Crippen molar-refractivity contribution in [3.63, 3.8) is 0 Å². The zero-order chi connectivity index (χ0) is 13.1. The van der Waals surface area contributed by atoms with Crippen LogP contribution in [-0.4, -0.2) is 21.1 Å². The molecule has 2 N–H and O–H groups in total. The van der Waals surface area contributed by atoms with Gasteiger partial charge in [-0.3, -0.25) is 9.89 Å². The smallest absolute Gasteiger partial charge is 0.233 e. The van der Waals surface area contributed by atoms with Gasteiger partial charge in [0.05, 0.1) is 12.6 Å². The molecule has 1 aliphatic rings. The van der Waals surface area contributed by atoms with Crippen LogP contribution < -0.4 is 5.32 Å². The summed E-state index contributed by atoms with van der Waals surface area (Å²) in [5, 5.41) is 9.85. The lowest BCUT2D eigenvalue weighted by Gasteiger charge is -2.03. The van der Waals surface area contributed by atoms with Gasteiger partial charge in [0.2, 0.25) is 5.91 Å². The molecule has 99 valence electrons. The number of rotatable bonds is 4. The number of carbonyl (C=O) groups excluding carboxylic acids is 1. The van der Waals surface area contributed by atoms with Crippen LogP contribution in [0.15, 0.2) is 23.1 Å². The molecule has 0 aliphatic heterocycles. The van der Waals surface area contributed by atoms with E-state index in [1.165, 1.54) is 12.6 Å². The van der Waals surface area contributed by atoms with E-state index >= 15 is 0 Å². The summed E-state index contributed by atoms with van der Waals surface area (Å²) in [6.45, 7) is 0. The molecule has 2 aromatic rings. The maximum atomic E-state index is 11.8. The van der Waals surface area contributed by atoms with Gasteiger partial charge < -0.3 is 9.73 Å². The second-order valence-corrected chi connectivity index (χ2v) is 4.70. The summed E-state index contributed by atoms with van der Waals surface area (Å²) in [4.78, 5) is 15.5. The summed E-state index contributed by atoms with van der Waals surface area (Å²) in [6.07, 6.45) is 8.67. The number of hydrogen-bond acceptors (Lipinski definition) is 4. The molecule has 0 aromatic carbocycles. The minimum Gasteiger partial charge on any atom is -0.448 e. The fourth-order valence-corrected chi connectivity index (χ4v) is 2.32. The molecule has 6 nitrogen and oxygen atoms in total. The Balaban J connectivity index is 1.59. The fraction of sp³-hybridized carbons (Fsp3) is 0.385. The molecule has 2 aromatic heterocycles. The van der Waals surface area contributed by atoms with Gasteiger partial charge in [-0.05, 0) is 25.7 Å². The van der Waals surface area contributed by atoms with Crippen LogP contribution in [0.25, 0.3) is 0 Å². The van der Waals surface area contributed by atoms with Gasteiger partial charge >= 0.3 is 0 Å². The maximum absolute atomic E-state index is 11.8. The number of amides is 1. The number of oxazole rings is 1. The summed E-state index contributed by atoms with van der Waals surface area (Å²) in [6, 6.07) is 1.90. The number of hydrogen-bond donors (Lipinski definition) is 2. The first-order chi connectivity index (χ1) is 9.31. The van der Waals surface area contributed by atoms with E-state index in [1.54, 1.807) is 0 Å². The predicted molar refractivity (Wildman–Crippen MR) is 68.3 cm³/mol. The Kier molecular flexibility index (Phi) is 3.31. The van der Waals surface area contributed by atoms with Crippen molar-refractivity contribution in [1.29, 1.82) is 0 Å². The molecule has 1 aliphatic carbocycles. The Morgan fingerprint density at radius 1 is 1.58 bits per heavy atom. The van der Waals surface area contributed by atoms with E-state index in [2.05, 4.69) is 26.9 Å². The second kappa shape index (κ2) is 5.26. The number of nitrogens with one attached hydrogen (secondary N) is 2. The van der Waals surface area contributed by atoms with Crippen molar-refractivity contribution in [2.75, 3.05) is 5.32 Å². The van der Waals surface area contributed by atoms with E-state index < -0.39 is 0 Å². The van der Waals surface area contributed by atoms with Gasteiger partial charge in [-0.2, -0.15) is 5.10 Å².